The summed E-state index contributed by atoms with van der Waals surface area (Å²) in [5, 5.41) is 3.42. The summed E-state index contributed by atoms with van der Waals surface area (Å²) >= 11 is 0. The molecule has 0 aromatic rings. The van der Waals surface area contributed by atoms with Gasteiger partial charge in [0.15, 0.2) is 0 Å². The van der Waals surface area contributed by atoms with E-state index in [4.69, 9.17) is 4.74 Å². The van der Waals surface area contributed by atoms with Gasteiger partial charge in [-0.1, -0.05) is 0 Å². The Morgan fingerprint density at radius 1 is 1.19 bits per heavy atom. The van der Waals surface area contributed by atoms with E-state index < -0.39 is 0 Å². The van der Waals surface area contributed by atoms with Gasteiger partial charge in [0, 0.05) is 19.7 Å². The van der Waals surface area contributed by atoms with E-state index in [1.807, 2.05) is 0 Å². The van der Waals surface area contributed by atoms with Crippen molar-refractivity contribution in [2.75, 3.05) is 39.8 Å². The molecule has 2 fully saturated rings. The first-order valence-corrected chi connectivity index (χ1v) is 6.35. The van der Waals surface area contributed by atoms with Gasteiger partial charge in [-0.05, 0) is 51.7 Å². The van der Waals surface area contributed by atoms with E-state index in [-0.39, 0.29) is 12.4 Å². The van der Waals surface area contributed by atoms with E-state index in [0.29, 0.717) is 6.10 Å². The van der Waals surface area contributed by atoms with Crippen LogP contribution in [0.5, 0.6) is 0 Å². The van der Waals surface area contributed by atoms with Crippen molar-refractivity contribution in [1.29, 1.82) is 0 Å². The van der Waals surface area contributed by atoms with Crippen LogP contribution in [0.2, 0.25) is 0 Å². The molecule has 96 valence electrons. The highest BCUT2D eigenvalue weighted by atomic mass is 35.5. The maximum Gasteiger partial charge on any atom is 0.0702 e. The summed E-state index contributed by atoms with van der Waals surface area (Å²) in [5.41, 5.74) is 0. The molecule has 0 radical (unpaired) electrons. The summed E-state index contributed by atoms with van der Waals surface area (Å²) in [5.74, 6) is 0.901. The number of hydrogen-bond acceptors (Lipinski definition) is 3. The highest BCUT2D eigenvalue weighted by molar-refractivity contribution is 5.85. The maximum absolute atomic E-state index is 5.66. The lowest BCUT2D eigenvalue weighted by Gasteiger charge is -2.28. The van der Waals surface area contributed by atoms with Gasteiger partial charge in [-0.15, -0.1) is 12.4 Å². The Hall–Kier alpha value is 0.170. The predicted octanol–water partition coefficient (Wildman–Crippen LogP) is 1.52. The number of nitrogens with zero attached hydrogens (tertiary/aromatic N) is 1. The fourth-order valence-corrected chi connectivity index (χ4v) is 2.72. The van der Waals surface area contributed by atoms with E-state index in [1.54, 1.807) is 0 Å². The van der Waals surface area contributed by atoms with Crippen LogP contribution < -0.4 is 5.32 Å². The van der Waals surface area contributed by atoms with Crippen LogP contribution in [0.25, 0.3) is 0 Å². The molecule has 2 heterocycles. The van der Waals surface area contributed by atoms with E-state index >= 15 is 0 Å². The number of likely N-dealkylation sites (N-methyl/N-ethyl adjacent to an activating group) is 1. The zero-order valence-corrected chi connectivity index (χ0v) is 11.1. The summed E-state index contributed by atoms with van der Waals surface area (Å²) in [7, 11) is 2.24. The van der Waals surface area contributed by atoms with Crippen LogP contribution in [0.15, 0.2) is 0 Å². The highest BCUT2D eigenvalue weighted by Crippen LogP contribution is 2.16. The zero-order chi connectivity index (χ0) is 10.5. The number of piperidine rings is 1. The van der Waals surface area contributed by atoms with Crippen LogP contribution in [0, 0.1) is 5.92 Å². The van der Waals surface area contributed by atoms with Gasteiger partial charge in [0.1, 0.15) is 0 Å². The molecule has 0 aliphatic carbocycles. The molecular formula is C12H25ClN2O. The van der Waals surface area contributed by atoms with Crippen molar-refractivity contribution in [3.63, 3.8) is 0 Å². The standard InChI is InChI=1S/C12H24N2O.ClH/c1-14(10-12-3-2-8-15-12)9-11-4-6-13-7-5-11;/h11-13H,2-10H2,1H3;1H/t12-;/m1./s1. The first-order chi connectivity index (χ1) is 7.34. The Morgan fingerprint density at radius 3 is 2.56 bits per heavy atom. The van der Waals surface area contributed by atoms with Gasteiger partial charge in [0.25, 0.3) is 0 Å². The molecule has 0 aromatic carbocycles. The quantitative estimate of drug-likeness (QED) is 0.817. The first-order valence-electron chi connectivity index (χ1n) is 6.35. The topological polar surface area (TPSA) is 24.5 Å². The van der Waals surface area contributed by atoms with Crippen molar-refractivity contribution >= 4 is 12.4 Å². The lowest BCUT2D eigenvalue weighted by Crippen LogP contribution is -2.37. The molecule has 16 heavy (non-hydrogen) atoms. The summed E-state index contributed by atoms with van der Waals surface area (Å²) in [6, 6.07) is 0. The average molecular weight is 249 g/mol. The SMILES string of the molecule is CN(CC1CCNCC1)C[C@H]1CCCO1.Cl. The molecule has 0 bridgehead atoms. The van der Waals surface area contributed by atoms with Crippen LogP contribution in [-0.2, 0) is 4.74 Å². The first kappa shape index (κ1) is 14.2. The van der Waals surface area contributed by atoms with Gasteiger partial charge in [-0.25, -0.2) is 0 Å². The minimum atomic E-state index is 0. The van der Waals surface area contributed by atoms with Crippen LogP contribution in [0.4, 0.5) is 0 Å². The highest BCUT2D eigenvalue weighted by Gasteiger charge is 2.20. The summed E-state index contributed by atoms with van der Waals surface area (Å²) in [4.78, 5) is 2.46. The van der Waals surface area contributed by atoms with E-state index in [2.05, 4.69) is 17.3 Å². The fourth-order valence-electron chi connectivity index (χ4n) is 2.72. The molecule has 2 aliphatic rings. The van der Waals surface area contributed by atoms with Crippen molar-refractivity contribution < 1.29 is 4.74 Å². The molecule has 2 saturated heterocycles. The zero-order valence-electron chi connectivity index (χ0n) is 10.3. The average Bonchev–Trinajstić information content (AvgIpc) is 2.71. The van der Waals surface area contributed by atoms with Crippen molar-refractivity contribution in [1.82, 2.24) is 10.2 Å². The van der Waals surface area contributed by atoms with Crippen molar-refractivity contribution in [2.24, 2.45) is 5.92 Å². The van der Waals surface area contributed by atoms with Gasteiger partial charge < -0.3 is 15.0 Å². The second-order valence-corrected chi connectivity index (χ2v) is 5.05. The molecule has 1 N–H and O–H groups in total. The lowest BCUT2D eigenvalue weighted by atomic mass is 9.97. The van der Waals surface area contributed by atoms with Crippen LogP contribution in [0.3, 0.4) is 0 Å². The summed E-state index contributed by atoms with van der Waals surface area (Å²) < 4.78 is 5.66. The summed E-state index contributed by atoms with van der Waals surface area (Å²) in [6.07, 6.45) is 5.71. The number of ether oxygens (including phenoxy) is 1. The number of hydrogen-bond donors (Lipinski definition) is 1. The molecule has 0 unspecified atom stereocenters. The van der Waals surface area contributed by atoms with Crippen LogP contribution in [-0.4, -0.2) is 50.8 Å². The predicted molar refractivity (Wildman–Crippen MR) is 69.3 cm³/mol. The molecule has 3 nitrogen and oxygen atoms in total. The van der Waals surface area contributed by atoms with Gasteiger partial charge in [-0.3, -0.25) is 0 Å². The minimum absolute atomic E-state index is 0. The van der Waals surface area contributed by atoms with Gasteiger partial charge >= 0.3 is 0 Å². The van der Waals surface area contributed by atoms with Crippen LogP contribution in [0.1, 0.15) is 25.7 Å². The van der Waals surface area contributed by atoms with Gasteiger partial charge in [0.2, 0.25) is 0 Å². The van der Waals surface area contributed by atoms with E-state index in [9.17, 15) is 0 Å². The third kappa shape index (κ3) is 4.58. The van der Waals surface area contributed by atoms with E-state index in [0.717, 1.165) is 19.1 Å². The molecule has 1 atom stereocenters. The maximum atomic E-state index is 5.66. The third-order valence-electron chi connectivity index (χ3n) is 3.57. The second kappa shape index (κ2) is 7.49. The molecular weight excluding hydrogens is 224 g/mol. The fraction of sp³-hybridized carbons (Fsp3) is 1.00. The molecule has 0 amide bonds. The summed E-state index contributed by atoms with van der Waals surface area (Å²) in [6.45, 7) is 5.77. The number of nitrogens with one attached hydrogen (secondary N) is 1. The Balaban J connectivity index is 0.00000128. The Morgan fingerprint density at radius 2 is 1.94 bits per heavy atom. The Labute approximate surface area is 105 Å². The number of halogens is 1. The molecule has 2 rings (SSSR count). The van der Waals surface area contributed by atoms with Crippen molar-refractivity contribution in [3.8, 4) is 0 Å². The van der Waals surface area contributed by atoms with Crippen molar-refractivity contribution in [2.45, 2.75) is 31.8 Å². The minimum Gasteiger partial charge on any atom is -0.377 e. The largest absolute Gasteiger partial charge is 0.377 e. The van der Waals surface area contributed by atoms with Gasteiger partial charge in [-0.2, -0.15) is 0 Å². The monoisotopic (exact) mass is 248 g/mol. The van der Waals surface area contributed by atoms with Crippen molar-refractivity contribution in [3.05, 3.63) is 0 Å². The Bertz CT molecular complexity index is 180. The normalized spacial score (nSPS) is 27.0. The smallest absolute Gasteiger partial charge is 0.0702 e. The van der Waals surface area contributed by atoms with Gasteiger partial charge in [0.05, 0.1) is 6.10 Å². The molecule has 0 saturated carbocycles. The molecule has 0 spiro atoms. The van der Waals surface area contributed by atoms with E-state index in [1.165, 1.54) is 45.3 Å². The van der Waals surface area contributed by atoms with Crippen LogP contribution >= 0.6 is 12.4 Å². The molecule has 2 aliphatic heterocycles. The molecule has 0 aromatic heterocycles. The third-order valence-corrected chi connectivity index (χ3v) is 3.57. The number of rotatable bonds is 4. The lowest BCUT2D eigenvalue weighted by molar-refractivity contribution is 0.0748. The second-order valence-electron chi connectivity index (χ2n) is 5.05. The molecule has 4 heteroatoms. The Kier molecular flexibility index (Phi) is 6.66.